The first-order valence-corrected chi connectivity index (χ1v) is 8.22. The third kappa shape index (κ3) is 5.22. The lowest BCUT2D eigenvalue weighted by Gasteiger charge is -2.23. The van der Waals surface area contributed by atoms with Gasteiger partial charge in [-0.25, -0.2) is 13.1 Å². The zero-order chi connectivity index (χ0) is 14.4. The Hall–Kier alpha value is -0.920. The molecule has 1 unspecified atom stereocenters. The van der Waals surface area contributed by atoms with Crippen LogP contribution in [0.3, 0.4) is 0 Å². The van der Waals surface area contributed by atoms with Gasteiger partial charge in [0.15, 0.2) is 0 Å². The Kier molecular flexibility index (Phi) is 5.56. The minimum Gasteiger partial charge on any atom is -0.378 e. The summed E-state index contributed by atoms with van der Waals surface area (Å²) < 4.78 is 31.4. The molecular formula is C13H17ClN2O3S. The molecule has 1 atom stereocenters. The van der Waals surface area contributed by atoms with E-state index in [4.69, 9.17) is 16.3 Å². The SMILES string of the molecule is O=S(=O)(/C=C/c1ccc(Cl)cc1)NCC1COCCN1. The van der Waals surface area contributed by atoms with Gasteiger partial charge in [-0.05, 0) is 23.8 Å². The minimum absolute atomic E-state index is 0.0162. The van der Waals surface area contributed by atoms with Gasteiger partial charge in [0.05, 0.1) is 13.2 Å². The molecule has 1 aromatic rings. The van der Waals surface area contributed by atoms with Gasteiger partial charge in [0.1, 0.15) is 0 Å². The van der Waals surface area contributed by atoms with E-state index in [0.717, 1.165) is 17.5 Å². The third-order valence-electron chi connectivity index (χ3n) is 2.84. The van der Waals surface area contributed by atoms with Crippen LogP contribution in [-0.2, 0) is 14.8 Å². The molecule has 0 spiro atoms. The molecule has 0 amide bonds. The van der Waals surface area contributed by atoms with Gasteiger partial charge in [-0.2, -0.15) is 0 Å². The highest BCUT2D eigenvalue weighted by Crippen LogP contribution is 2.11. The molecule has 1 heterocycles. The molecule has 1 aliphatic rings. The third-order valence-corrected chi connectivity index (χ3v) is 4.15. The van der Waals surface area contributed by atoms with Crippen molar-refractivity contribution in [1.82, 2.24) is 10.0 Å². The highest BCUT2D eigenvalue weighted by atomic mass is 35.5. The van der Waals surface area contributed by atoms with Crippen molar-refractivity contribution in [3.63, 3.8) is 0 Å². The van der Waals surface area contributed by atoms with E-state index in [1.54, 1.807) is 24.3 Å². The van der Waals surface area contributed by atoms with Crippen molar-refractivity contribution in [2.45, 2.75) is 6.04 Å². The lowest BCUT2D eigenvalue weighted by atomic mass is 10.2. The number of halogens is 1. The minimum atomic E-state index is -3.45. The number of benzene rings is 1. The van der Waals surface area contributed by atoms with Gasteiger partial charge in [0.25, 0.3) is 0 Å². The Morgan fingerprint density at radius 1 is 1.40 bits per heavy atom. The molecule has 2 rings (SSSR count). The quantitative estimate of drug-likeness (QED) is 0.857. The lowest BCUT2D eigenvalue weighted by Crippen LogP contribution is -2.48. The molecule has 20 heavy (non-hydrogen) atoms. The van der Waals surface area contributed by atoms with E-state index < -0.39 is 10.0 Å². The Balaban J connectivity index is 1.88. The maximum atomic E-state index is 11.8. The monoisotopic (exact) mass is 316 g/mol. The van der Waals surface area contributed by atoms with Crippen LogP contribution < -0.4 is 10.0 Å². The molecule has 0 aromatic heterocycles. The van der Waals surface area contributed by atoms with Crippen LogP contribution in [0.15, 0.2) is 29.7 Å². The Morgan fingerprint density at radius 3 is 2.80 bits per heavy atom. The fraction of sp³-hybridized carbons (Fsp3) is 0.385. The number of hydrogen-bond acceptors (Lipinski definition) is 4. The van der Waals surface area contributed by atoms with Gasteiger partial charge in [-0.1, -0.05) is 23.7 Å². The summed E-state index contributed by atoms with van der Waals surface area (Å²) in [7, 11) is -3.45. The van der Waals surface area contributed by atoms with E-state index in [-0.39, 0.29) is 6.04 Å². The molecule has 5 nitrogen and oxygen atoms in total. The molecule has 2 N–H and O–H groups in total. The summed E-state index contributed by atoms with van der Waals surface area (Å²) in [6, 6.07) is 6.95. The Bertz CT molecular complexity index is 551. The zero-order valence-corrected chi connectivity index (χ0v) is 12.5. The van der Waals surface area contributed by atoms with Crippen LogP contribution in [0.1, 0.15) is 5.56 Å². The molecule has 0 bridgehead atoms. The van der Waals surface area contributed by atoms with Gasteiger partial charge in [-0.3, -0.25) is 0 Å². The molecule has 110 valence electrons. The van der Waals surface area contributed by atoms with E-state index >= 15 is 0 Å². The largest absolute Gasteiger partial charge is 0.378 e. The van der Waals surface area contributed by atoms with Gasteiger partial charge in [0.2, 0.25) is 10.0 Å². The normalized spacial score (nSPS) is 20.4. The van der Waals surface area contributed by atoms with Crippen LogP contribution >= 0.6 is 11.6 Å². The van der Waals surface area contributed by atoms with Gasteiger partial charge >= 0.3 is 0 Å². The maximum absolute atomic E-state index is 11.8. The van der Waals surface area contributed by atoms with Gasteiger partial charge in [-0.15, -0.1) is 0 Å². The molecule has 0 radical (unpaired) electrons. The molecule has 0 saturated carbocycles. The molecule has 7 heteroatoms. The molecule has 0 aliphatic carbocycles. The predicted molar refractivity (Wildman–Crippen MR) is 80.0 cm³/mol. The highest BCUT2D eigenvalue weighted by molar-refractivity contribution is 7.92. The molecule has 1 saturated heterocycles. The van der Waals surface area contributed by atoms with E-state index in [1.807, 2.05) is 0 Å². The van der Waals surface area contributed by atoms with Crippen molar-refractivity contribution in [3.05, 3.63) is 40.3 Å². The summed E-state index contributed by atoms with van der Waals surface area (Å²) in [5.41, 5.74) is 0.777. The first-order chi connectivity index (χ1) is 9.55. The summed E-state index contributed by atoms with van der Waals surface area (Å²) in [5.74, 6) is 0. The molecule has 1 fully saturated rings. The average Bonchev–Trinajstić information content (AvgIpc) is 2.46. The van der Waals surface area contributed by atoms with E-state index in [9.17, 15) is 8.42 Å². The topological polar surface area (TPSA) is 67.4 Å². The number of sulfonamides is 1. The first-order valence-electron chi connectivity index (χ1n) is 6.30. The summed E-state index contributed by atoms with van der Waals surface area (Å²) >= 11 is 5.76. The fourth-order valence-electron chi connectivity index (χ4n) is 1.76. The summed E-state index contributed by atoms with van der Waals surface area (Å²) in [5, 5.41) is 4.95. The second kappa shape index (κ2) is 7.19. The van der Waals surface area contributed by atoms with Crippen molar-refractivity contribution < 1.29 is 13.2 Å². The second-order valence-electron chi connectivity index (χ2n) is 4.47. The van der Waals surface area contributed by atoms with Crippen molar-refractivity contribution in [3.8, 4) is 0 Å². The van der Waals surface area contributed by atoms with Crippen molar-refractivity contribution in [1.29, 1.82) is 0 Å². The van der Waals surface area contributed by atoms with Crippen LogP contribution in [0.25, 0.3) is 6.08 Å². The molecule has 1 aromatic carbocycles. The number of ether oxygens (including phenoxy) is 1. The first kappa shape index (κ1) is 15.5. The molecular weight excluding hydrogens is 300 g/mol. The number of rotatable bonds is 5. The Labute approximate surface area is 124 Å². The van der Waals surface area contributed by atoms with Crippen LogP contribution in [0.5, 0.6) is 0 Å². The van der Waals surface area contributed by atoms with Crippen LogP contribution in [0.4, 0.5) is 0 Å². The van der Waals surface area contributed by atoms with Crippen molar-refractivity contribution >= 4 is 27.7 Å². The van der Waals surface area contributed by atoms with Crippen molar-refractivity contribution in [2.75, 3.05) is 26.3 Å². The Morgan fingerprint density at radius 2 is 2.15 bits per heavy atom. The summed E-state index contributed by atoms with van der Waals surface area (Å²) in [6.45, 7) is 2.24. The van der Waals surface area contributed by atoms with E-state index in [2.05, 4.69) is 10.0 Å². The second-order valence-corrected chi connectivity index (χ2v) is 6.56. The van der Waals surface area contributed by atoms with Gasteiger partial charge in [0, 0.05) is 29.6 Å². The zero-order valence-electron chi connectivity index (χ0n) is 10.9. The van der Waals surface area contributed by atoms with Crippen LogP contribution in [0.2, 0.25) is 5.02 Å². The lowest BCUT2D eigenvalue weighted by molar-refractivity contribution is 0.0784. The fourth-order valence-corrected chi connectivity index (χ4v) is 2.75. The number of nitrogens with one attached hydrogen (secondary N) is 2. The van der Waals surface area contributed by atoms with E-state index in [1.165, 1.54) is 6.08 Å². The average molecular weight is 317 g/mol. The molecule has 1 aliphatic heterocycles. The highest BCUT2D eigenvalue weighted by Gasteiger charge is 2.15. The smallest absolute Gasteiger partial charge is 0.233 e. The van der Waals surface area contributed by atoms with Crippen molar-refractivity contribution in [2.24, 2.45) is 0 Å². The standard InChI is InChI=1S/C13H17ClN2O3S/c14-12-3-1-11(2-4-12)5-8-20(17,18)16-9-13-10-19-7-6-15-13/h1-5,8,13,15-16H,6-7,9-10H2/b8-5+. The summed E-state index contributed by atoms with van der Waals surface area (Å²) in [4.78, 5) is 0. The van der Waals surface area contributed by atoms with Crippen LogP contribution in [0, 0.1) is 0 Å². The number of hydrogen-bond donors (Lipinski definition) is 2. The number of morpholine rings is 1. The van der Waals surface area contributed by atoms with Gasteiger partial charge < -0.3 is 10.1 Å². The maximum Gasteiger partial charge on any atom is 0.233 e. The van der Waals surface area contributed by atoms with Crippen LogP contribution in [-0.4, -0.2) is 40.8 Å². The van der Waals surface area contributed by atoms with E-state index in [0.29, 0.717) is 24.8 Å². The summed E-state index contributed by atoms with van der Waals surface area (Å²) in [6.07, 6.45) is 1.53. The predicted octanol–water partition coefficient (Wildman–Crippen LogP) is 1.22.